The lowest BCUT2D eigenvalue weighted by molar-refractivity contribution is 0.913. The lowest BCUT2D eigenvalue weighted by atomic mass is 10.1. The average molecular weight is 158 g/mol. The van der Waals surface area contributed by atoms with E-state index in [4.69, 9.17) is 0 Å². The zero-order valence-corrected chi connectivity index (χ0v) is 6.80. The molecule has 0 saturated heterocycles. The minimum absolute atomic E-state index is 1.11. The van der Waals surface area contributed by atoms with E-state index in [1.807, 2.05) is 6.20 Å². The van der Waals surface area contributed by atoms with Crippen LogP contribution in [0.3, 0.4) is 0 Å². The number of nitrogens with one attached hydrogen (secondary N) is 1. The molecule has 0 atom stereocenters. The van der Waals surface area contributed by atoms with E-state index in [2.05, 4.69) is 22.3 Å². The van der Waals surface area contributed by atoms with Crippen LogP contribution < -0.4 is 0 Å². The molecule has 60 valence electrons. The number of hydrogen-bond donors (Lipinski definition) is 1. The Hall–Kier alpha value is -1.31. The predicted octanol–water partition coefficient (Wildman–Crippen LogP) is 2.05. The first-order valence-electron chi connectivity index (χ1n) is 4.39. The van der Waals surface area contributed by atoms with Crippen LogP contribution in [-0.2, 0) is 12.8 Å². The van der Waals surface area contributed by atoms with Crippen LogP contribution in [0.1, 0.15) is 17.5 Å². The van der Waals surface area contributed by atoms with Crippen LogP contribution in [0.2, 0.25) is 0 Å². The Labute approximate surface area is 70.6 Å². The summed E-state index contributed by atoms with van der Waals surface area (Å²) in [7, 11) is 0. The van der Waals surface area contributed by atoms with Crippen molar-refractivity contribution in [3.63, 3.8) is 0 Å². The van der Waals surface area contributed by atoms with E-state index in [0.29, 0.717) is 0 Å². The van der Waals surface area contributed by atoms with Crippen LogP contribution in [0.25, 0.3) is 10.9 Å². The van der Waals surface area contributed by atoms with Crippen molar-refractivity contribution >= 4 is 10.9 Å². The van der Waals surface area contributed by atoms with Crippen molar-refractivity contribution in [1.82, 2.24) is 10.2 Å². The molecule has 1 N–H and O–H groups in total. The molecule has 2 heteroatoms. The highest BCUT2D eigenvalue weighted by molar-refractivity contribution is 5.83. The number of hydrogen-bond acceptors (Lipinski definition) is 1. The molecule has 3 rings (SSSR count). The molecule has 2 aromatic rings. The fraction of sp³-hybridized carbons (Fsp3) is 0.300. The first-order chi connectivity index (χ1) is 5.95. The Kier molecular flexibility index (Phi) is 1.09. The van der Waals surface area contributed by atoms with Gasteiger partial charge < -0.3 is 0 Å². The maximum atomic E-state index is 4.17. The van der Waals surface area contributed by atoms with Crippen LogP contribution in [0.4, 0.5) is 0 Å². The van der Waals surface area contributed by atoms with Crippen LogP contribution >= 0.6 is 0 Å². The number of aromatic amines is 1. The van der Waals surface area contributed by atoms with Gasteiger partial charge in [0.2, 0.25) is 0 Å². The number of H-pyrrole nitrogens is 1. The molecule has 1 aliphatic carbocycles. The van der Waals surface area contributed by atoms with E-state index in [-0.39, 0.29) is 0 Å². The van der Waals surface area contributed by atoms with Gasteiger partial charge in [0.1, 0.15) is 0 Å². The molecule has 1 aromatic carbocycles. The average Bonchev–Trinajstić information content (AvgIpc) is 2.71. The summed E-state index contributed by atoms with van der Waals surface area (Å²) in [4.78, 5) is 0. The Morgan fingerprint density at radius 3 is 3.25 bits per heavy atom. The van der Waals surface area contributed by atoms with Gasteiger partial charge in [-0.25, -0.2) is 0 Å². The van der Waals surface area contributed by atoms with Gasteiger partial charge in [0.15, 0.2) is 0 Å². The molecular formula is C10H10N2. The van der Waals surface area contributed by atoms with E-state index < -0.39 is 0 Å². The molecule has 12 heavy (non-hydrogen) atoms. The largest absolute Gasteiger partial charge is 0.285 e. The fourth-order valence-corrected chi connectivity index (χ4v) is 2.11. The Balaban J connectivity index is 2.46. The minimum Gasteiger partial charge on any atom is -0.285 e. The molecule has 0 unspecified atom stereocenters. The standard InChI is InChI=1S/C10H10N2/c1-2-7-4-5-10-9(6-11-12-10)8(7)3-1/h4-6H,1-3H2,(H,11,12). The van der Waals surface area contributed by atoms with E-state index in [0.717, 1.165) is 5.52 Å². The van der Waals surface area contributed by atoms with Gasteiger partial charge >= 0.3 is 0 Å². The number of nitrogens with zero attached hydrogens (tertiary/aromatic N) is 1. The minimum atomic E-state index is 1.11. The number of aromatic nitrogens is 2. The molecule has 1 heterocycles. The summed E-state index contributed by atoms with van der Waals surface area (Å²) >= 11 is 0. The zero-order chi connectivity index (χ0) is 7.97. The number of benzene rings is 1. The van der Waals surface area contributed by atoms with Gasteiger partial charge in [-0.05, 0) is 36.5 Å². The zero-order valence-electron chi connectivity index (χ0n) is 6.80. The van der Waals surface area contributed by atoms with Crippen molar-refractivity contribution < 1.29 is 0 Å². The third kappa shape index (κ3) is 0.670. The number of aryl methyl sites for hydroxylation is 2. The highest BCUT2D eigenvalue weighted by Gasteiger charge is 2.13. The normalized spacial score (nSPS) is 15.3. The van der Waals surface area contributed by atoms with Crippen molar-refractivity contribution in [1.29, 1.82) is 0 Å². The Morgan fingerprint density at radius 1 is 1.25 bits per heavy atom. The maximum Gasteiger partial charge on any atom is 0.0923 e. The second-order valence-electron chi connectivity index (χ2n) is 3.37. The van der Waals surface area contributed by atoms with Crippen molar-refractivity contribution in [2.75, 3.05) is 0 Å². The summed E-state index contributed by atoms with van der Waals surface area (Å²) in [6, 6.07) is 4.32. The van der Waals surface area contributed by atoms with Crippen molar-refractivity contribution in [2.24, 2.45) is 0 Å². The lowest BCUT2D eigenvalue weighted by Gasteiger charge is -1.97. The van der Waals surface area contributed by atoms with Crippen LogP contribution in [0.5, 0.6) is 0 Å². The summed E-state index contributed by atoms with van der Waals surface area (Å²) in [5, 5.41) is 8.41. The molecule has 0 saturated carbocycles. The fourth-order valence-electron chi connectivity index (χ4n) is 2.11. The van der Waals surface area contributed by atoms with Crippen molar-refractivity contribution in [3.8, 4) is 0 Å². The van der Waals surface area contributed by atoms with Crippen molar-refractivity contribution in [3.05, 3.63) is 29.5 Å². The van der Waals surface area contributed by atoms with Gasteiger partial charge in [-0.2, -0.15) is 5.10 Å². The van der Waals surface area contributed by atoms with Crippen molar-refractivity contribution in [2.45, 2.75) is 19.3 Å². The monoisotopic (exact) mass is 158 g/mol. The molecule has 1 aliphatic rings. The highest BCUT2D eigenvalue weighted by Crippen LogP contribution is 2.28. The summed E-state index contributed by atoms with van der Waals surface area (Å²) in [5.74, 6) is 0. The Bertz CT molecular complexity index is 428. The van der Waals surface area contributed by atoms with Gasteiger partial charge in [0.25, 0.3) is 0 Å². The molecular weight excluding hydrogens is 148 g/mol. The molecule has 2 nitrogen and oxygen atoms in total. The molecule has 1 aromatic heterocycles. The van der Waals surface area contributed by atoms with E-state index in [1.165, 1.54) is 35.8 Å². The van der Waals surface area contributed by atoms with Gasteiger partial charge in [-0.15, -0.1) is 0 Å². The number of rotatable bonds is 0. The second-order valence-corrected chi connectivity index (χ2v) is 3.37. The molecule has 0 spiro atoms. The lowest BCUT2D eigenvalue weighted by Crippen LogP contribution is -1.81. The number of fused-ring (bicyclic) bond motifs is 3. The molecule has 0 fully saturated rings. The topological polar surface area (TPSA) is 28.7 Å². The first-order valence-corrected chi connectivity index (χ1v) is 4.39. The predicted molar refractivity (Wildman–Crippen MR) is 48.1 cm³/mol. The smallest absolute Gasteiger partial charge is 0.0923 e. The quantitative estimate of drug-likeness (QED) is 0.624. The van der Waals surface area contributed by atoms with Crippen LogP contribution in [-0.4, -0.2) is 10.2 Å². The van der Waals surface area contributed by atoms with Crippen LogP contribution in [0, 0.1) is 0 Å². The SMILES string of the molecule is c1cc2n[nH]cc2c2c1CCC2. The van der Waals surface area contributed by atoms with Crippen LogP contribution in [0.15, 0.2) is 18.3 Å². The molecule has 0 radical (unpaired) electrons. The third-order valence-electron chi connectivity index (χ3n) is 2.70. The second kappa shape index (κ2) is 2.09. The van der Waals surface area contributed by atoms with E-state index in [9.17, 15) is 0 Å². The van der Waals surface area contributed by atoms with E-state index >= 15 is 0 Å². The summed E-state index contributed by atoms with van der Waals surface area (Å²) < 4.78 is 0. The van der Waals surface area contributed by atoms with E-state index in [1.54, 1.807) is 0 Å². The maximum absolute atomic E-state index is 4.17. The van der Waals surface area contributed by atoms with Gasteiger partial charge in [-0.1, -0.05) is 6.07 Å². The first kappa shape index (κ1) is 6.23. The summed E-state index contributed by atoms with van der Waals surface area (Å²) in [6.07, 6.45) is 5.79. The molecule has 0 bridgehead atoms. The van der Waals surface area contributed by atoms with Gasteiger partial charge in [-0.3, -0.25) is 5.10 Å². The Morgan fingerprint density at radius 2 is 2.25 bits per heavy atom. The molecule has 0 aliphatic heterocycles. The summed E-state index contributed by atoms with van der Waals surface area (Å²) in [5.41, 5.74) is 4.14. The third-order valence-corrected chi connectivity index (χ3v) is 2.70. The highest BCUT2D eigenvalue weighted by atomic mass is 15.1. The molecule has 0 amide bonds. The van der Waals surface area contributed by atoms with Gasteiger partial charge in [0.05, 0.1) is 5.52 Å². The summed E-state index contributed by atoms with van der Waals surface area (Å²) in [6.45, 7) is 0. The van der Waals surface area contributed by atoms with Gasteiger partial charge in [0, 0.05) is 11.6 Å².